The quantitative estimate of drug-likeness (QED) is 0.264. The van der Waals surface area contributed by atoms with Crippen LogP contribution in [0.25, 0.3) is 0 Å². The van der Waals surface area contributed by atoms with Crippen LogP contribution in [0.4, 0.5) is 0 Å². The second-order valence-electron chi connectivity index (χ2n) is 11.1. The van der Waals surface area contributed by atoms with Crippen molar-refractivity contribution in [2.24, 2.45) is 0 Å². The monoisotopic (exact) mass is 591 g/mol. The van der Waals surface area contributed by atoms with Crippen LogP contribution >= 0.6 is 0 Å². The van der Waals surface area contributed by atoms with E-state index < -0.39 is 36.5 Å². The number of benzene rings is 3. The Morgan fingerprint density at radius 2 is 1.60 bits per heavy atom. The van der Waals surface area contributed by atoms with Gasteiger partial charge in [0.1, 0.15) is 24.4 Å². The molecule has 0 unspecified atom stereocenters. The second kappa shape index (κ2) is 14.3. The summed E-state index contributed by atoms with van der Waals surface area (Å²) in [5.74, 6) is -0.0528. The fourth-order valence-electron chi connectivity index (χ4n) is 5.46. The maximum Gasteiger partial charge on any atom is 0.251 e. The van der Waals surface area contributed by atoms with E-state index in [-0.39, 0.29) is 12.5 Å². The van der Waals surface area contributed by atoms with E-state index in [2.05, 4.69) is 17.4 Å². The number of hydrogen-bond acceptors (Lipinski definition) is 8. The molecule has 5 atom stereocenters. The molecule has 2 saturated heterocycles. The van der Waals surface area contributed by atoms with Gasteiger partial charge in [-0.05, 0) is 56.0 Å². The molecule has 2 aliphatic rings. The third kappa shape index (κ3) is 7.93. The molecule has 2 aliphatic heterocycles. The van der Waals surface area contributed by atoms with Crippen LogP contribution in [0.3, 0.4) is 0 Å². The van der Waals surface area contributed by atoms with E-state index in [0.29, 0.717) is 30.3 Å². The predicted octanol–water partition coefficient (Wildman–Crippen LogP) is 4.91. The molecule has 0 aromatic heterocycles. The topological polar surface area (TPSA) is 93.7 Å². The molecule has 0 aliphatic carbocycles. The van der Waals surface area contributed by atoms with E-state index in [1.807, 2.05) is 62.4 Å². The number of methoxy groups -OCH3 is 2. The van der Waals surface area contributed by atoms with Crippen LogP contribution in [0.5, 0.6) is 11.5 Å². The van der Waals surface area contributed by atoms with Gasteiger partial charge in [0.25, 0.3) is 5.91 Å². The SMILES string of the molecule is COc1ccc(C(=O)NC[C@@H](OCCCc2ccccc2)[C@H]2O[C@@H]3OC(C)(C)O[C@@H]3[C@H]2OCc2ccccc2)cc1OC. The van der Waals surface area contributed by atoms with Gasteiger partial charge in [-0.1, -0.05) is 60.7 Å². The largest absolute Gasteiger partial charge is 0.493 e. The third-order valence-electron chi connectivity index (χ3n) is 7.57. The number of ether oxygens (including phenoxy) is 7. The predicted molar refractivity (Wildman–Crippen MR) is 160 cm³/mol. The maximum absolute atomic E-state index is 13.2. The number of rotatable bonds is 14. The van der Waals surface area contributed by atoms with E-state index in [4.69, 9.17) is 33.2 Å². The van der Waals surface area contributed by atoms with Gasteiger partial charge in [0.2, 0.25) is 0 Å². The summed E-state index contributed by atoms with van der Waals surface area (Å²) in [5.41, 5.74) is 2.71. The zero-order valence-electron chi connectivity index (χ0n) is 25.2. The van der Waals surface area contributed by atoms with Gasteiger partial charge in [-0.15, -0.1) is 0 Å². The second-order valence-corrected chi connectivity index (χ2v) is 11.1. The first-order valence-electron chi connectivity index (χ1n) is 14.7. The summed E-state index contributed by atoms with van der Waals surface area (Å²) in [4.78, 5) is 13.2. The third-order valence-corrected chi connectivity index (χ3v) is 7.57. The number of amides is 1. The van der Waals surface area contributed by atoms with Crippen molar-refractivity contribution in [3.8, 4) is 11.5 Å². The molecule has 1 amide bonds. The minimum Gasteiger partial charge on any atom is -0.493 e. The van der Waals surface area contributed by atoms with Crippen molar-refractivity contribution < 1.29 is 38.0 Å². The molecule has 2 fully saturated rings. The summed E-state index contributed by atoms with van der Waals surface area (Å²) in [7, 11) is 3.09. The Morgan fingerprint density at radius 3 is 2.30 bits per heavy atom. The van der Waals surface area contributed by atoms with E-state index >= 15 is 0 Å². The van der Waals surface area contributed by atoms with Crippen LogP contribution < -0.4 is 14.8 Å². The summed E-state index contributed by atoms with van der Waals surface area (Å²) in [6, 6.07) is 25.3. The molecule has 0 radical (unpaired) electrons. The van der Waals surface area contributed by atoms with Crippen LogP contribution in [-0.2, 0) is 36.7 Å². The zero-order valence-corrected chi connectivity index (χ0v) is 25.2. The average Bonchev–Trinajstić information content (AvgIpc) is 3.51. The first kappa shape index (κ1) is 31.0. The Labute approximate surface area is 253 Å². The lowest BCUT2D eigenvalue weighted by atomic mass is 10.0. The lowest BCUT2D eigenvalue weighted by molar-refractivity contribution is -0.233. The standard InChI is InChI=1S/C34H41NO8/c1-34(2)42-31-30(40-22-24-14-9-6-10-15-24)29(41-33(31)43-34)28(39-19-11-16-23-12-7-5-8-13-23)21-35-32(36)25-17-18-26(37-3)27(20-25)38-4/h5-10,12-15,17-18,20,28-31,33H,11,16,19,21-22H2,1-4H3,(H,35,36)/t28-,29-,30+,31-,33-/m1/s1. The molecular formula is C34H41NO8. The van der Waals surface area contributed by atoms with Crippen molar-refractivity contribution in [2.75, 3.05) is 27.4 Å². The van der Waals surface area contributed by atoms with Gasteiger partial charge in [0, 0.05) is 18.7 Å². The van der Waals surface area contributed by atoms with Gasteiger partial charge < -0.3 is 38.5 Å². The van der Waals surface area contributed by atoms with Gasteiger partial charge in [-0.3, -0.25) is 4.79 Å². The van der Waals surface area contributed by atoms with Gasteiger partial charge in [-0.2, -0.15) is 0 Å². The van der Waals surface area contributed by atoms with E-state index in [1.54, 1.807) is 25.3 Å². The van der Waals surface area contributed by atoms with Gasteiger partial charge in [0.05, 0.1) is 20.8 Å². The Hall–Kier alpha value is -3.47. The molecule has 0 bridgehead atoms. The Balaban J connectivity index is 1.31. The Bertz CT molecular complexity index is 1320. The average molecular weight is 592 g/mol. The first-order chi connectivity index (χ1) is 20.9. The van der Waals surface area contributed by atoms with Crippen LogP contribution in [0.2, 0.25) is 0 Å². The number of carbonyl (C=O) groups excluding carboxylic acids is 1. The van der Waals surface area contributed by atoms with Crippen molar-refractivity contribution in [2.45, 2.75) is 69.8 Å². The van der Waals surface area contributed by atoms with Crippen LogP contribution in [0.1, 0.15) is 41.8 Å². The number of fused-ring (bicyclic) bond motifs is 1. The molecular weight excluding hydrogens is 550 g/mol. The van der Waals surface area contributed by atoms with Crippen LogP contribution in [0, 0.1) is 0 Å². The van der Waals surface area contributed by atoms with Gasteiger partial charge in [-0.25, -0.2) is 0 Å². The molecule has 2 heterocycles. The lowest BCUT2D eigenvalue weighted by Crippen LogP contribution is -2.48. The summed E-state index contributed by atoms with van der Waals surface area (Å²) in [6.07, 6.45) is -0.933. The van der Waals surface area contributed by atoms with E-state index in [1.165, 1.54) is 12.7 Å². The number of carbonyl (C=O) groups is 1. The minimum atomic E-state index is -0.803. The highest BCUT2D eigenvalue weighted by molar-refractivity contribution is 5.94. The van der Waals surface area contributed by atoms with Crippen LogP contribution in [0.15, 0.2) is 78.9 Å². The number of hydrogen-bond donors (Lipinski definition) is 1. The van der Waals surface area contributed by atoms with Crippen molar-refractivity contribution in [3.63, 3.8) is 0 Å². The van der Waals surface area contributed by atoms with Crippen molar-refractivity contribution in [1.82, 2.24) is 5.32 Å². The van der Waals surface area contributed by atoms with Crippen molar-refractivity contribution in [1.29, 1.82) is 0 Å². The molecule has 0 saturated carbocycles. The molecule has 9 heteroatoms. The van der Waals surface area contributed by atoms with Crippen molar-refractivity contribution in [3.05, 3.63) is 95.6 Å². The normalized spacial score (nSPS) is 23.0. The van der Waals surface area contributed by atoms with E-state index in [0.717, 1.165) is 18.4 Å². The molecule has 3 aromatic rings. The fraction of sp³-hybridized carbons (Fsp3) is 0.441. The zero-order chi connectivity index (χ0) is 30.2. The molecule has 5 rings (SSSR count). The summed E-state index contributed by atoms with van der Waals surface area (Å²) < 4.78 is 42.3. The summed E-state index contributed by atoms with van der Waals surface area (Å²) in [6.45, 7) is 4.76. The molecule has 3 aromatic carbocycles. The minimum absolute atomic E-state index is 0.192. The molecule has 43 heavy (non-hydrogen) atoms. The Kier molecular flexibility index (Phi) is 10.3. The number of aryl methyl sites for hydroxylation is 1. The maximum atomic E-state index is 13.2. The lowest BCUT2D eigenvalue weighted by Gasteiger charge is -2.31. The highest BCUT2D eigenvalue weighted by atomic mass is 16.8. The fourth-order valence-corrected chi connectivity index (χ4v) is 5.46. The van der Waals surface area contributed by atoms with Gasteiger partial charge >= 0.3 is 0 Å². The molecule has 1 N–H and O–H groups in total. The highest BCUT2D eigenvalue weighted by Crippen LogP contribution is 2.40. The van der Waals surface area contributed by atoms with Crippen molar-refractivity contribution >= 4 is 5.91 Å². The highest BCUT2D eigenvalue weighted by Gasteiger charge is 2.57. The summed E-state index contributed by atoms with van der Waals surface area (Å²) in [5, 5.41) is 3.02. The molecule has 9 nitrogen and oxygen atoms in total. The van der Waals surface area contributed by atoms with Gasteiger partial charge in [0.15, 0.2) is 23.6 Å². The molecule has 0 spiro atoms. The first-order valence-corrected chi connectivity index (χ1v) is 14.7. The number of nitrogens with one attached hydrogen (secondary N) is 1. The van der Waals surface area contributed by atoms with E-state index in [9.17, 15) is 4.79 Å². The summed E-state index contributed by atoms with van der Waals surface area (Å²) >= 11 is 0. The smallest absolute Gasteiger partial charge is 0.251 e. The Morgan fingerprint density at radius 1 is 0.907 bits per heavy atom. The molecule has 230 valence electrons. The van der Waals surface area contributed by atoms with Crippen LogP contribution in [-0.4, -0.2) is 69.8 Å².